The zero-order chi connectivity index (χ0) is 21.8. The first-order valence-electron chi connectivity index (χ1n) is 9.97. The fourth-order valence-corrected chi connectivity index (χ4v) is 5.21. The van der Waals surface area contributed by atoms with E-state index in [2.05, 4.69) is 36.1 Å². The molecule has 30 heavy (non-hydrogen) atoms. The minimum atomic E-state index is -0.118. The number of hydrogen-bond acceptors (Lipinski definition) is 5. The van der Waals surface area contributed by atoms with Gasteiger partial charge in [0.1, 0.15) is 5.37 Å². The molecule has 1 heterocycles. The second-order valence-corrected chi connectivity index (χ2v) is 9.00. The number of halogens is 1. The molecule has 2 aromatic rings. The zero-order valence-corrected chi connectivity index (χ0v) is 19.7. The van der Waals surface area contributed by atoms with Crippen LogP contribution >= 0.6 is 23.4 Å². The van der Waals surface area contributed by atoms with Crippen LogP contribution in [0.15, 0.2) is 36.4 Å². The Morgan fingerprint density at radius 3 is 2.47 bits per heavy atom. The van der Waals surface area contributed by atoms with E-state index < -0.39 is 0 Å². The van der Waals surface area contributed by atoms with Crippen LogP contribution in [-0.2, 0) is 11.2 Å². The van der Waals surface area contributed by atoms with E-state index in [0.29, 0.717) is 28.8 Å². The predicted molar refractivity (Wildman–Crippen MR) is 124 cm³/mol. The van der Waals surface area contributed by atoms with Gasteiger partial charge in [0.15, 0.2) is 11.5 Å². The number of carbonyl (C=O) groups excluding carboxylic acids is 1. The van der Waals surface area contributed by atoms with Crippen LogP contribution in [0.3, 0.4) is 0 Å². The van der Waals surface area contributed by atoms with Crippen molar-refractivity contribution in [2.24, 2.45) is 0 Å². The maximum atomic E-state index is 12.8. The van der Waals surface area contributed by atoms with Crippen LogP contribution in [-0.4, -0.2) is 56.3 Å². The second-order valence-electron chi connectivity index (χ2n) is 7.52. The standard InChI is InChI=1S/C23H29ClN2O3S/c1-6-15-7-9-16(10-8-15)19(25(2)3)13-26-21(27)14-30-23(26)17-11-18(24)22(29-5)20(12-17)28-4/h7-12,19,23H,6,13-14H2,1-5H3/t19-,23-/m0/s1. The molecule has 0 aromatic heterocycles. The largest absolute Gasteiger partial charge is 0.493 e. The van der Waals surface area contributed by atoms with Crippen molar-refractivity contribution in [3.8, 4) is 11.5 Å². The average molecular weight is 449 g/mol. The van der Waals surface area contributed by atoms with E-state index in [1.165, 1.54) is 11.1 Å². The van der Waals surface area contributed by atoms with Gasteiger partial charge in [0.2, 0.25) is 5.91 Å². The molecule has 1 fully saturated rings. The summed E-state index contributed by atoms with van der Waals surface area (Å²) in [7, 11) is 7.25. The molecule has 2 atom stereocenters. The Morgan fingerprint density at radius 2 is 1.90 bits per heavy atom. The number of hydrogen-bond donors (Lipinski definition) is 0. The van der Waals surface area contributed by atoms with Gasteiger partial charge in [-0.15, -0.1) is 11.8 Å². The molecule has 0 spiro atoms. The number of aryl methyl sites for hydroxylation is 1. The number of nitrogens with zero attached hydrogens (tertiary/aromatic N) is 2. The number of rotatable bonds is 8. The van der Waals surface area contributed by atoms with Gasteiger partial charge in [-0.2, -0.15) is 0 Å². The summed E-state index contributed by atoms with van der Waals surface area (Å²) in [6.45, 7) is 2.75. The first-order chi connectivity index (χ1) is 14.4. The molecule has 0 bridgehead atoms. The van der Waals surface area contributed by atoms with Gasteiger partial charge < -0.3 is 19.3 Å². The number of benzene rings is 2. The molecule has 3 rings (SSSR count). The number of thioether (sulfide) groups is 1. The van der Waals surface area contributed by atoms with E-state index in [1.54, 1.807) is 26.0 Å². The van der Waals surface area contributed by atoms with Crippen molar-refractivity contribution < 1.29 is 14.3 Å². The minimum absolute atomic E-state index is 0.0941. The summed E-state index contributed by atoms with van der Waals surface area (Å²) in [6, 6.07) is 12.5. The van der Waals surface area contributed by atoms with Crippen molar-refractivity contribution in [1.82, 2.24) is 9.80 Å². The summed E-state index contributed by atoms with van der Waals surface area (Å²) in [5.41, 5.74) is 3.44. The highest BCUT2D eigenvalue weighted by Gasteiger charge is 2.36. The van der Waals surface area contributed by atoms with Crippen LogP contribution in [0.2, 0.25) is 5.02 Å². The smallest absolute Gasteiger partial charge is 0.233 e. The van der Waals surface area contributed by atoms with Crippen molar-refractivity contribution in [3.63, 3.8) is 0 Å². The van der Waals surface area contributed by atoms with Gasteiger partial charge in [-0.3, -0.25) is 4.79 Å². The Labute approximate surface area is 188 Å². The highest BCUT2D eigenvalue weighted by molar-refractivity contribution is 8.00. The van der Waals surface area contributed by atoms with E-state index in [9.17, 15) is 4.79 Å². The van der Waals surface area contributed by atoms with E-state index in [4.69, 9.17) is 21.1 Å². The first-order valence-corrected chi connectivity index (χ1v) is 11.4. The highest BCUT2D eigenvalue weighted by atomic mass is 35.5. The van der Waals surface area contributed by atoms with Gasteiger partial charge in [0, 0.05) is 6.54 Å². The lowest BCUT2D eigenvalue weighted by molar-refractivity contribution is -0.128. The number of likely N-dealkylation sites (N-methyl/N-ethyl adjacent to an activating group) is 1. The molecule has 1 saturated heterocycles. The topological polar surface area (TPSA) is 42.0 Å². The quantitative estimate of drug-likeness (QED) is 0.580. The van der Waals surface area contributed by atoms with Crippen LogP contribution in [0, 0.1) is 0 Å². The monoisotopic (exact) mass is 448 g/mol. The molecule has 1 amide bonds. The summed E-state index contributed by atoms with van der Waals surface area (Å²) < 4.78 is 10.8. The molecule has 0 saturated carbocycles. The molecule has 1 aliphatic rings. The normalized spacial score (nSPS) is 17.5. The molecular weight excluding hydrogens is 420 g/mol. The molecule has 0 aliphatic carbocycles. The van der Waals surface area contributed by atoms with E-state index in [0.717, 1.165) is 12.0 Å². The lowest BCUT2D eigenvalue weighted by Gasteiger charge is -2.33. The van der Waals surface area contributed by atoms with Crippen LogP contribution in [0.25, 0.3) is 0 Å². The van der Waals surface area contributed by atoms with Crippen molar-refractivity contribution in [2.75, 3.05) is 40.6 Å². The molecule has 2 aromatic carbocycles. The average Bonchev–Trinajstić information content (AvgIpc) is 3.11. The van der Waals surface area contributed by atoms with Crippen molar-refractivity contribution in [3.05, 3.63) is 58.1 Å². The Morgan fingerprint density at radius 1 is 1.20 bits per heavy atom. The Balaban J connectivity index is 1.91. The fraction of sp³-hybridized carbons (Fsp3) is 0.435. The molecule has 0 radical (unpaired) electrons. The summed E-state index contributed by atoms with van der Waals surface area (Å²) in [4.78, 5) is 16.9. The molecule has 1 aliphatic heterocycles. The van der Waals surface area contributed by atoms with Gasteiger partial charge in [0.25, 0.3) is 0 Å². The number of ether oxygens (including phenoxy) is 2. The van der Waals surface area contributed by atoms with Gasteiger partial charge in [-0.25, -0.2) is 0 Å². The van der Waals surface area contributed by atoms with Crippen LogP contribution in [0.5, 0.6) is 11.5 Å². The molecular formula is C23H29ClN2O3S. The minimum Gasteiger partial charge on any atom is -0.493 e. The van der Waals surface area contributed by atoms with E-state index >= 15 is 0 Å². The Kier molecular flexibility index (Phi) is 7.55. The highest BCUT2D eigenvalue weighted by Crippen LogP contribution is 2.45. The summed E-state index contributed by atoms with van der Waals surface area (Å²) in [5.74, 6) is 1.66. The molecule has 7 heteroatoms. The van der Waals surface area contributed by atoms with Crippen LogP contribution < -0.4 is 9.47 Å². The third-order valence-electron chi connectivity index (χ3n) is 5.47. The SMILES string of the molecule is CCc1ccc([C@H](CN2C(=O)CS[C@H]2c2cc(Cl)c(OC)c(OC)c2)N(C)C)cc1. The van der Waals surface area contributed by atoms with E-state index in [-0.39, 0.29) is 17.3 Å². The maximum absolute atomic E-state index is 12.8. The lowest BCUT2D eigenvalue weighted by Crippen LogP contribution is -2.37. The molecule has 0 N–H and O–H groups in total. The van der Waals surface area contributed by atoms with Gasteiger partial charge >= 0.3 is 0 Å². The predicted octanol–water partition coefficient (Wildman–Crippen LogP) is 4.80. The Hall–Kier alpha value is -1.89. The summed E-state index contributed by atoms with van der Waals surface area (Å²) >= 11 is 8.04. The first kappa shape index (κ1) is 22.8. The fourth-order valence-electron chi connectivity index (χ4n) is 3.74. The number of carbonyl (C=O) groups is 1. The van der Waals surface area contributed by atoms with Crippen LogP contribution in [0.4, 0.5) is 0 Å². The summed E-state index contributed by atoms with van der Waals surface area (Å²) in [6.07, 6.45) is 1.01. The van der Waals surface area contributed by atoms with Crippen molar-refractivity contribution >= 4 is 29.3 Å². The number of amides is 1. The van der Waals surface area contributed by atoms with Gasteiger partial charge in [-0.05, 0) is 49.3 Å². The molecule has 0 unspecified atom stereocenters. The molecule has 162 valence electrons. The maximum Gasteiger partial charge on any atom is 0.233 e. The second kappa shape index (κ2) is 9.94. The zero-order valence-electron chi connectivity index (χ0n) is 18.1. The van der Waals surface area contributed by atoms with Gasteiger partial charge in [-0.1, -0.05) is 42.8 Å². The van der Waals surface area contributed by atoms with Crippen LogP contribution in [0.1, 0.15) is 35.0 Å². The molecule has 5 nitrogen and oxygen atoms in total. The van der Waals surface area contributed by atoms with E-state index in [1.807, 2.05) is 31.1 Å². The third-order valence-corrected chi connectivity index (χ3v) is 7.01. The number of methoxy groups -OCH3 is 2. The summed E-state index contributed by atoms with van der Waals surface area (Å²) in [5, 5.41) is 0.359. The third kappa shape index (κ3) is 4.71. The van der Waals surface area contributed by atoms with Crippen molar-refractivity contribution in [2.45, 2.75) is 24.8 Å². The van der Waals surface area contributed by atoms with Gasteiger partial charge in [0.05, 0.1) is 31.0 Å². The lowest BCUT2D eigenvalue weighted by atomic mass is 10.0. The van der Waals surface area contributed by atoms with Crippen molar-refractivity contribution in [1.29, 1.82) is 0 Å². The Bertz CT molecular complexity index is 889.